The molecule has 530 valence electrons. The van der Waals surface area contributed by atoms with Gasteiger partial charge in [-0.25, -0.2) is 0 Å². The van der Waals surface area contributed by atoms with Crippen LogP contribution in [0.2, 0.25) is 0 Å². The van der Waals surface area contributed by atoms with Crippen molar-refractivity contribution in [3.8, 4) is 33.4 Å². The molecule has 0 spiro atoms. The van der Waals surface area contributed by atoms with E-state index < -0.39 is 0 Å². The molecule has 0 radical (unpaired) electrons. The van der Waals surface area contributed by atoms with Gasteiger partial charge in [-0.1, -0.05) is 42.5 Å². The number of anilines is 15. The molecule has 0 aromatic heterocycles. The van der Waals surface area contributed by atoms with Crippen LogP contribution in [0.3, 0.4) is 0 Å². The Morgan fingerprint density at radius 1 is 0.202 bits per heavy atom. The summed E-state index contributed by atoms with van der Waals surface area (Å²) < 4.78 is 2.72. The molecule has 19 aromatic carbocycles. The molecule has 0 saturated carbocycles. The van der Waals surface area contributed by atoms with Crippen LogP contribution in [0.1, 0.15) is 0 Å². The van der Waals surface area contributed by atoms with Gasteiger partial charge in [0.1, 0.15) is 0 Å². The van der Waals surface area contributed by atoms with Gasteiger partial charge in [0.05, 0.1) is 0 Å². The monoisotopic (exact) mass is 1510 g/mol. The molecule has 23 rings (SSSR count). The minimum absolute atomic E-state index is 0.136. The minimum atomic E-state index is -0.248. The second kappa shape index (κ2) is 26.8. The minimum Gasteiger partial charge on any atom is -0.0617 e. The molecular weight excluding hydrogens is 1440 g/mol. The summed E-state index contributed by atoms with van der Waals surface area (Å²) in [5.74, 6) is 0. The van der Waals surface area contributed by atoms with Crippen LogP contribution < -0.4 is 66.2 Å². The van der Waals surface area contributed by atoms with E-state index in [2.05, 4.69) is 443 Å². The first-order valence-corrected chi connectivity index (χ1v) is 41.1. The van der Waals surface area contributed by atoms with Gasteiger partial charge < -0.3 is 0 Å². The van der Waals surface area contributed by atoms with E-state index in [9.17, 15) is 0 Å². The predicted molar refractivity (Wildman–Crippen MR) is 487 cm³/mol. The Morgan fingerprint density at radius 3 is 0.965 bits per heavy atom. The van der Waals surface area contributed by atoms with Crippen molar-refractivity contribution >= 4 is 198 Å². The van der Waals surface area contributed by atoms with Crippen LogP contribution in [-0.2, 0) is 0 Å². The second-order valence-electron chi connectivity index (χ2n) is 30.1. The summed E-state index contributed by atoms with van der Waals surface area (Å²) in [6, 6.07) is 157. The summed E-state index contributed by atoms with van der Waals surface area (Å²) in [6.45, 7) is -0.332. The Balaban J connectivity index is 0.798. The average Bonchev–Trinajstić information content (AvgIpc) is 0.683. The first kappa shape index (κ1) is 65.7. The molecule has 0 N–H and O–H groups in total. The van der Waals surface area contributed by atoms with Gasteiger partial charge in [0.15, 0.2) is 0 Å². The Bertz CT molecular complexity index is 6850. The van der Waals surface area contributed by atoms with Crippen LogP contribution in [0.4, 0.5) is 85.3 Å². The van der Waals surface area contributed by atoms with E-state index in [4.69, 9.17) is 0 Å². The zero-order valence-electron chi connectivity index (χ0n) is 62.1. The summed E-state index contributed by atoms with van der Waals surface area (Å²) >= 11 is -0.248. The van der Waals surface area contributed by atoms with Crippen LogP contribution >= 0.6 is 0 Å². The molecule has 0 unspecified atom stereocenters. The molecule has 4 aliphatic heterocycles. The number of hydrogen-bond donors (Lipinski definition) is 0. The molecule has 0 bridgehead atoms. The van der Waals surface area contributed by atoms with Crippen molar-refractivity contribution in [2.75, 3.05) is 24.5 Å². The molecule has 8 heteroatoms. The van der Waals surface area contributed by atoms with Crippen molar-refractivity contribution in [3.63, 3.8) is 0 Å². The molecule has 0 saturated heterocycles. The zero-order chi connectivity index (χ0) is 74.9. The number of fused-ring (bicyclic) bond motifs is 12. The smallest absolute Gasteiger partial charge is 0.0543 e. The third kappa shape index (κ3) is 10.4. The van der Waals surface area contributed by atoms with Crippen molar-refractivity contribution in [1.82, 2.24) is 0 Å². The molecule has 0 fully saturated rings. The van der Waals surface area contributed by atoms with Crippen molar-refractivity contribution in [1.29, 1.82) is 0 Å². The van der Waals surface area contributed by atoms with Crippen LogP contribution in [0.15, 0.2) is 419 Å². The Hall–Kier alpha value is -14.1. The summed E-state index contributed by atoms with van der Waals surface area (Å²) in [5, 5.41) is 9.72. The van der Waals surface area contributed by atoms with E-state index in [1.807, 2.05) is 0 Å². The topological polar surface area (TPSA) is 16.2 Å². The first-order valence-electron chi connectivity index (χ1n) is 39.4. The Kier molecular flexibility index (Phi) is 15.5. The predicted octanol–water partition coefficient (Wildman–Crippen LogP) is 22.6. The van der Waals surface area contributed by atoms with Crippen molar-refractivity contribution < 1.29 is 0 Å². The number of para-hydroxylation sites is 7. The molecule has 0 amide bonds. The molecule has 4 aliphatic rings. The van der Waals surface area contributed by atoms with Crippen LogP contribution in [0.5, 0.6) is 0 Å². The van der Waals surface area contributed by atoms with Crippen LogP contribution in [0.25, 0.3) is 76.5 Å². The van der Waals surface area contributed by atoms with Gasteiger partial charge >= 0.3 is 627 Å². The quantitative estimate of drug-likeness (QED) is 0.0892. The number of nitrogens with zero attached hydrogens (tertiary/aromatic N) is 5. The van der Waals surface area contributed by atoms with Crippen molar-refractivity contribution in [3.05, 3.63) is 419 Å². The van der Waals surface area contributed by atoms with Crippen LogP contribution in [0, 0.1) is 0 Å². The maximum atomic E-state index is 2.74. The van der Waals surface area contributed by atoms with Crippen molar-refractivity contribution in [2.24, 2.45) is 0 Å². The van der Waals surface area contributed by atoms with E-state index in [1.165, 1.54) is 135 Å². The summed E-state index contributed by atoms with van der Waals surface area (Å²) in [4.78, 5) is 12.8. The zero-order valence-corrected chi connectivity index (χ0v) is 63.8. The molecule has 5 nitrogen and oxygen atoms in total. The van der Waals surface area contributed by atoms with E-state index in [0.717, 1.165) is 68.2 Å². The average molecular weight is 1510 g/mol. The van der Waals surface area contributed by atoms with Gasteiger partial charge in [0.2, 0.25) is 0 Å². The molecule has 0 atom stereocenters. The van der Waals surface area contributed by atoms with E-state index >= 15 is 0 Å². The third-order valence-corrected chi connectivity index (χ3v) is 26.3. The Labute approximate surface area is 670 Å². The fourth-order valence-electron chi connectivity index (χ4n) is 19.3. The largest absolute Gasteiger partial charge is 0.0617 e. The van der Waals surface area contributed by atoms with Gasteiger partial charge in [0, 0.05) is 0 Å². The standard InChI is InChI=1S/C106H69B2N5Se/c1-8-34-70(35-9-1)101-81-48-22-24-50-83(81)103(84-51-25-23-49-82(84)101)72-60-62-78(63-61-72)112-94-59-33-31-57-90(94)108-92-68-91-95(69-99(92)114-100-67-80(66-98(112)105(100)108)110(75-42-16-5-17-43-75)76-44-18-6-19-45-76)113(106-87-54-28-26-52-85(87)102(71-36-10-2-11-37-71)86-53-27-29-55-88(86)106)97-65-79(109(73-38-12-3-13-39-73)74-40-14-4-15-41-74)64-96-104(97)107(91)89-56-30-32-58-93(89)111(96)77-46-20-7-21-47-77/h1-69H. The SMILES string of the molecule is c1ccc(-c2c3ccccc3c(-c3ccc(N4c5ccccc5B5c6cc7c(cc6[Se]c6cc(N(c8ccccc8)c8ccccc8)cc4c65)N(c4c5ccccc5c(-c5ccccc5)c5ccccc45)c4cc(N(c5ccccc5)c5ccccc5)cc5c4B7c4ccccc4N5c4ccccc4)cc3)c3ccccc23)cc1. The Morgan fingerprint density at radius 2 is 0.526 bits per heavy atom. The molecule has 0 aliphatic carbocycles. The molecular formula is C106H69B2N5Se. The second-order valence-corrected chi connectivity index (χ2v) is 32.4. The van der Waals surface area contributed by atoms with Crippen molar-refractivity contribution in [2.45, 2.75) is 0 Å². The fraction of sp³-hybridized carbons (Fsp3) is 0. The van der Waals surface area contributed by atoms with Crippen LogP contribution in [-0.4, -0.2) is 28.4 Å². The fourth-order valence-corrected chi connectivity index (χ4v) is 21.9. The molecule has 114 heavy (non-hydrogen) atoms. The normalized spacial score (nSPS) is 12.8. The van der Waals surface area contributed by atoms with Gasteiger partial charge in [-0.3, -0.25) is 0 Å². The molecule has 4 heterocycles. The maximum absolute atomic E-state index is 2.74. The third-order valence-electron chi connectivity index (χ3n) is 23.9. The summed E-state index contributed by atoms with van der Waals surface area (Å²) in [5.41, 5.74) is 31.9. The molecule has 19 aromatic rings. The van der Waals surface area contributed by atoms with E-state index in [0.29, 0.717) is 0 Å². The van der Waals surface area contributed by atoms with E-state index in [1.54, 1.807) is 0 Å². The number of hydrogen-bond acceptors (Lipinski definition) is 5. The first-order chi connectivity index (χ1) is 56.6. The summed E-state index contributed by atoms with van der Waals surface area (Å²) in [6.07, 6.45) is 0. The summed E-state index contributed by atoms with van der Waals surface area (Å²) in [7, 11) is 0. The van der Waals surface area contributed by atoms with Gasteiger partial charge in [-0.15, -0.1) is 0 Å². The van der Waals surface area contributed by atoms with E-state index in [-0.39, 0.29) is 28.4 Å². The van der Waals surface area contributed by atoms with Gasteiger partial charge in [0.25, 0.3) is 0 Å². The number of rotatable bonds is 12. The van der Waals surface area contributed by atoms with Gasteiger partial charge in [-0.2, -0.15) is 0 Å². The van der Waals surface area contributed by atoms with Gasteiger partial charge in [-0.05, 0) is 5.56 Å². The number of benzene rings is 19. The maximum Gasteiger partial charge on any atom is -0.0543 e.